The molecule has 0 radical (unpaired) electrons. The van der Waals surface area contributed by atoms with Crippen molar-refractivity contribution >= 4 is 40.7 Å². The van der Waals surface area contributed by atoms with E-state index in [0.717, 1.165) is 5.56 Å². The molecule has 4 aliphatic rings. The third kappa shape index (κ3) is 2.80. The Bertz CT molecular complexity index is 1340. The Kier molecular flexibility index (Phi) is 4.29. The van der Waals surface area contributed by atoms with Gasteiger partial charge in [-0.15, -0.1) is 0 Å². The number of rotatable bonds is 2. The number of ketones is 3. The average molecular weight is 457 g/mol. The van der Waals surface area contributed by atoms with Crippen LogP contribution in [0.3, 0.4) is 0 Å². The van der Waals surface area contributed by atoms with Crippen molar-refractivity contribution in [2.45, 2.75) is 11.6 Å². The van der Waals surface area contributed by atoms with E-state index in [4.69, 9.17) is 16.3 Å². The van der Waals surface area contributed by atoms with Gasteiger partial charge in [-0.1, -0.05) is 54.1 Å². The van der Waals surface area contributed by atoms with Crippen molar-refractivity contribution in [2.75, 3.05) is 6.54 Å². The lowest BCUT2D eigenvalue weighted by Gasteiger charge is -2.45. The van der Waals surface area contributed by atoms with E-state index in [0.29, 0.717) is 16.3 Å². The molecule has 2 aromatic rings. The molecule has 3 unspecified atom stereocenters. The van der Waals surface area contributed by atoms with Crippen LogP contribution in [-0.2, 0) is 19.1 Å². The van der Waals surface area contributed by atoms with Gasteiger partial charge in [-0.3, -0.25) is 19.4 Å². The van der Waals surface area contributed by atoms with Crippen LogP contribution in [0.2, 0.25) is 5.02 Å². The van der Waals surface area contributed by atoms with E-state index in [1.54, 1.807) is 42.8 Å². The zero-order chi connectivity index (χ0) is 22.7. The molecule has 33 heavy (non-hydrogen) atoms. The average Bonchev–Trinajstić information content (AvgIpc) is 3.15. The van der Waals surface area contributed by atoms with Gasteiger partial charge in [-0.05, 0) is 35.4 Å². The molecule has 1 fully saturated rings. The van der Waals surface area contributed by atoms with Gasteiger partial charge in [-0.25, -0.2) is 0 Å². The molecule has 0 aromatic heterocycles. The molecule has 2 aromatic carbocycles. The summed E-state index contributed by atoms with van der Waals surface area (Å²) in [7, 11) is 0. The zero-order valence-corrected chi connectivity index (χ0v) is 18.0. The fraction of sp³-hybridized carbons (Fsp3) is 0.154. The number of Topliss-reactive ketones (excluding diaryl/α,β-unsaturated/α-hetero) is 3. The van der Waals surface area contributed by atoms with Crippen molar-refractivity contribution < 1.29 is 19.1 Å². The number of aliphatic imine (C=N–C) groups is 1. The number of hydrogen-bond acceptors (Lipinski definition) is 6. The molecule has 6 rings (SSSR count). The van der Waals surface area contributed by atoms with E-state index in [-0.39, 0.29) is 23.6 Å². The molecule has 6 nitrogen and oxygen atoms in total. The number of fused-ring (bicyclic) bond motifs is 1. The number of carbonyl (C=O) groups is 3. The van der Waals surface area contributed by atoms with Crippen LogP contribution in [0, 0.1) is 5.92 Å². The van der Waals surface area contributed by atoms with Crippen molar-refractivity contribution in [3.8, 4) is 0 Å². The monoisotopic (exact) mass is 456 g/mol. The first kappa shape index (κ1) is 19.9. The molecule has 3 heterocycles. The first-order valence-corrected chi connectivity index (χ1v) is 10.9. The number of carbonyl (C=O) groups excluding carboxylic acids is 3. The number of nitrogens with zero attached hydrogens (tertiary/aromatic N) is 2. The number of ether oxygens (including phenoxy) is 1. The molecule has 1 aliphatic carbocycles. The molecule has 0 amide bonds. The maximum absolute atomic E-state index is 13.3. The van der Waals surface area contributed by atoms with Crippen LogP contribution in [0.15, 0.2) is 89.4 Å². The second-order valence-corrected chi connectivity index (χ2v) is 8.84. The summed E-state index contributed by atoms with van der Waals surface area (Å²) in [5.41, 5.74) is 1.39. The van der Waals surface area contributed by atoms with Gasteiger partial charge in [0.1, 0.15) is 17.3 Å². The summed E-state index contributed by atoms with van der Waals surface area (Å²) in [6.07, 6.45) is 6.20. The zero-order valence-electron chi connectivity index (χ0n) is 17.3. The lowest BCUT2D eigenvalue weighted by Crippen LogP contribution is -2.53. The first-order valence-electron chi connectivity index (χ1n) is 10.5. The number of allylic oxidation sites excluding steroid dienone is 3. The molecule has 7 heteroatoms. The molecule has 0 bridgehead atoms. The summed E-state index contributed by atoms with van der Waals surface area (Å²) >= 11 is 5.99. The van der Waals surface area contributed by atoms with Gasteiger partial charge in [0.05, 0.1) is 24.4 Å². The molecule has 0 N–H and O–H groups in total. The summed E-state index contributed by atoms with van der Waals surface area (Å²) in [4.78, 5) is 45.5. The largest absolute Gasteiger partial charge is 0.493 e. The van der Waals surface area contributed by atoms with E-state index in [2.05, 4.69) is 4.99 Å². The second kappa shape index (κ2) is 7.12. The first-order chi connectivity index (χ1) is 16.0. The Morgan fingerprint density at radius 1 is 1.00 bits per heavy atom. The van der Waals surface area contributed by atoms with E-state index < -0.39 is 29.1 Å². The highest BCUT2D eigenvalue weighted by Crippen LogP contribution is 2.50. The Morgan fingerprint density at radius 3 is 2.52 bits per heavy atom. The Morgan fingerprint density at radius 2 is 1.76 bits per heavy atom. The highest BCUT2D eigenvalue weighted by molar-refractivity contribution is 6.59. The third-order valence-corrected chi connectivity index (χ3v) is 6.91. The van der Waals surface area contributed by atoms with Gasteiger partial charge in [0.25, 0.3) is 5.78 Å². The van der Waals surface area contributed by atoms with Crippen LogP contribution in [0.4, 0.5) is 0 Å². The molecular weight excluding hydrogens is 440 g/mol. The third-order valence-electron chi connectivity index (χ3n) is 6.65. The Labute approximate surface area is 194 Å². The molecule has 3 aliphatic heterocycles. The quantitative estimate of drug-likeness (QED) is 0.509. The number of halogens is 1. The van der Waals surface area contributed by atoms with E-state index in [1.165, 1.54) is 0 Å². The van der Waals surface area contributed by atoms with Crippen LogP contribution in [0.1, 0.15) is 17.2 Å². The lowest BCUT2D eigenvalue weighted by molar-refractivity contribution is -0.131. The minimum atomic E-state index is -0.878. The fourth-order valence-electron chi connectivity index (χ4n) is 5.09. The summed E-state index contributed by atoms with van der Waals surface area (Å²) in [5.74, 6) is -1.87. The summed E-state index contributed by atoms with van der Waals surface area (Å²) < 4.78 is 5.91. The maximum atomic E-state index is 13.3. The summed E-state index contributed by atoms with van der Waals surface area (Å²) in [6.45, 7) is 0.0818. The van der Waals surface area contributed by atoms with Gasteiger partial charge in [0.15, 0.2) is 5.78 Å². The van der Waals surface area contributed by atoms with Crippen LogP contribution >= 0.6 is 11.6 Å². The summed E-state index contributed by atoms with van der Waals surface area (Å²) in [5, 5.41) is 0.530. The van der Waals surface area contributed by atoms with E-state index in [1.807, 2.05) is 41.3 Å². The SMILES string of the molecule is O=C1C(=O)C2=C(C=C1c1ccc(Cl)cc1)N1CC(=O)C3C(c4ccccc4)OC=CC31C=N2. The van der Waals surface area contributed by atoms with Crippen LogP contribution in [-0.4, -0.2) is 40.5 Å². The Hall–Kier alpha value is -3.77. The van der Waals surface area contributed by atoms with Crippen LogP contribution in [0.25, 0.3) is 5.57 Å². The standard InChI is InChI=1S/C26H17ClN2O4/c27-17-8-6-15(7-9-17)18-12-19-22(24(32)23(18)31)28-14-26-10-11-33-25(16-4-2-1-3-5-16)21(26)20(30)13-29(19)26/h1-12,14,21,25H,13H2. The fourth-order valence-corrected chi connectivity index (χ4v) is 5.22. The van der Waals surface area contributed by atoms with Crippen molar-refractivity contribution in [2.24, 2.45) is 10.9 Å². The second-order valence-electron chi connectivity index (χ2n) is 8.40. The predicted molar refractivity (Wildman–Crippen MR) is 122 cm³/mol. The molecule has 1 saturated heterocycles. The molecule has 1 spiro atoms. The highest BCUT2D eigenvalue weighted by atomic mass is 35.5. The minimum absolute atomic E-state index is 0.0146. The van der Waals surface area contributed by atoms with Crippen LogP contribution in [0.5, 0.6) is 0 Å². The van der Waals surface area contributed by atoms with E-state index in [9.17, 15) is 14.4 Å². The van der Waals surface area contributed by atoms with Gasteiger partial charge in [-0.2, -0.15) is 0 Å². The predicted octanol–water partition coefficient (Wildman–Crippen LogP) is 3.70. The van der Waals surface area contributed by atoms with Crippen molar-refractivity contribution in [1.29, 1.82) is 0 Å². The minimum Gasteiger partial charge on any atom is -0.493 e. The smallest absolute Gasteiger partial charge is 0.253 e. The van der Waals surface area contributed by atoms with Gasteiger partial charge < -0.3 is 9.64 Å². The molecule has 0 saturated carbocycles. The maximum Gasteiger partial charge on any atom is 0.253 e. The normalized spacial score (nSPS) is 27.7. The summed E-state index contributed by atoms with van der Waals surface area (Å²) in [6, 6.07) is 16.3. The van der Waals surface area contributed by atoms with Crippen molar-refractivity contribution in [3.05, 3.63) is 101 Å². The van der Waals surface area contributed by atoms with Gasteiger partial charge in [0, 0.05) is 16.8 Å². The number of benzene rings is 2. The topological polar surface area (TPSA) is 76.0 Å². The molecule has 3 atom stereocenters. The van der Waals surface area contributed by atoms with Gasteiger partial charge in [0.2, 0.25) is 5.78 Å². The lowest BCUT2D eigenvalue weighted by atomic mass is 9.76. The van der Waals surface area contributed by atoms with Gasteiger partial charge >= 0.3 is 0 Å². The number of hydrogen-bond donors (Lipinski definition) is 0. The van der Waals surface area contributed by atoms with Crippen molar-refractivity contribution in [3.63, 3.8) is 0 Å². The Balaban J connectivity index is 1.47. The highest BCUT2D eigenvalue weighted by Gasteiger charge is 2.59. The van der Waals surface area contributed by atoms with Crippen molar-refractivity contribution in [1.82, 2.24) is 4.90 Å². The van der Waals surface area contributed by atoms with Crippen LogP contribution < -0.4 is 0 Å². The molecular formula is C26H17ClN2O4. The van der Waals surface area contributed by atoms with E-state index >= 15 is 0 Å². The molecule has 162 valence electrons.